The summed E-state index contributed by atoms with van der Waals surface area (Å²) in [5.41, 5.74) is 9.77. The number of methoxy groups -OCH3 is 1. The maximum Gasteiger partial charge on any atom is 0.242 e. The number of nitrogens with zero attached hydrogens (tertiary/aromatic N) is 2. The molecule has 0 bridgehead atoms. The Labute approximate surface area is 253 Å². The van der Waals surface area contributed by atoms with E-state index in [4.69, 9.17) is 18.9 Å². The van der Waals surface area contributed by atoms with E-state index in [2.05, 4.69) is 71.1 Å². The van der Waals surface area contributed by atoms with E-state index < -0.39 is 30.7 Å². The number of aromatic amines is 2. The second-order valence-corrected chi connectivity index (χ2v) is 11.9. The van der Waals surface area contributed by atoms with Crippen molar-refractivity contribution in [2.45, 2.75) is 97.2 Å². The Kier molecular flexibility index (Phi) is 10.5. The first-order chi connectivity index (χ1) is 20.8. The van der Waals surface area contributed by atoms with Crippen LogP contribution in [0.15, 0.2) is 36.9 Å². The average Bonchev–Trinajstić information content (AvgIpc) is 3.57. The number of ether oxygens (including phenoxy) is 4. The topological polar surface area (TPSA) is 117 Å². The fourth-order valence-electron chi connectivity index (χ4n) is 5.92. The second-order valence-electron chi connectivity index (χ2n) is 11.9. The minimum atomic E-state index is -1.02. The van der Waals surface area contributed by atoms with Crippen molar-refractivity contribution in [2.75, 3.05) is 26.9 Å². The minimum absolute atomic E-state index is 0.329. The maximum atomic E-state index is 11.0. The molecule has 0 amide bonds. The van der Waals surface area contributed by atoms with Gasteiger partial charge in [0, 0.05) is 20.3 Å². The number of imidazole rings is 2. The molecule has 2 aromatic heterocycles. The first-order valence-electron chi connectivity index (χ1n) is 15.5. The molecule has 234 valence electrons. The van der Waals surface area contributed by atoms with Crippen LogP contribution in [0.25, 0.3) is 22.1 Å². The summed E-state index contributed by atoms with van der Waals surface area (Å²) >= 11 is 0. The Balaban J connectivity index is 1.13. The van der Waals surface area contributed by atoms with Crippen LogP contribution in [0.3, 0.4) is 0 Å². The molecule has 1 saturated heterocycles. The summed E-state index contributed by atoms with van der Waals surface area (Å²) in [4.78, 5) is 6.72. The van der Waals surface area contributed by atoms with Gasteiger partial charge < -0.3 is 29.2 Å². The first-order valence-corrected chi connectivity index (χ1v) is 15.5. The summed E-state index contributed by atoms with van der Waals surface area (Å²) in [5, 5.41) is 20.8. The highest BCUT2D eigenvalue weighted by molar-refractivity contribution is 5.73. The van der Waals surface area contributed by atoms with E-state index in [1.165, 1.54) is 33.3 Å². The molecular weight excluding hydrogens is 548 g/mol. The van der Waals surface area contributed by atoms with Crippen molar-refractivity contribution in [3.05, 3.63) is 59.2 Å². The third kappa shape index (κ3) is 7.11. The molecule has 0 radical (unpaired) electrons. The smallest absolute Gasteiger partial charge is 0.242 e. The molecule has 0 saturated carbocycles. The fraction of sp³-hybridized carbons (Fsp3) is 0.576. The van der Waals surface area contributed by atoms with E-state index >= 15 is 0 Å². The molecule has 0 spiro atoms. The number of rotatable bonds is 14. The Hall–Kier alpha value is -2.86. The summed E-state index contributed by atoms with van der Waals surface area (Å²) in [6.45, 7) is 10.8. The van der Waals surface area contributed by atoms with Crippen molar-refractivity contribution in [1.29, 1.82) is 0 Å². The first kappa shape index (κ1) is 31.6. The molecule has 1 fully saturated rings. The fourth-order valence-corrected chi connectivity index (χ4v) is 5.92. The Bertz CT molecular complexity index is 1500. The third-order valence-electron chi connectivity index (χ3n) is 8.83. The average molecular weight is 597 g/mol. The van der Waals surface area contributed by atoms with Crippen LogP contribution in [0.5, 0.6) is 0 Å². The lowest BCUT2D eigenvalue weighted by Gasteiger charge is -2.43. The predicted molar refractivity (Wildman–Crippen MR) is 163 cm³/mol. The zero-order chi connectivity index (χ0) is 30.5. The van der Waals surface area contributed by atoms with Crippen molar-refractivity contribution >= 4 is 22.1 Å². The number of H-pyrrole nitrogens is 2. The molecule has 5 atom stereocenters. The quantitative estimate of drug-likeness (QED) is 0.131. The van der Waals surface area contributed by atoms with Crippen molar-refractivity contribution in [3.8, 4) is 0 Å². The molecule has 1 aliphatic rings. The van der Waals surface area contributed by atoms with Gasteiger partial charge in [0.1, 0.15) is 24.4 Å². The number of fused-ring (bicyclic) bond motifs is 2. The van der Waals surface area contributed by atoms with Crippen LogP contribution >= 0.6 is 0 Å². The van der Waals surface area contributed by atoms with Crippen LogP contribution in [-0.2, 0) is 32.0 Å². The Morgan fingerprint density at radius 2 is 1.23 bits per heavy atom. The van der Waals surface area contributed by atoms with Gasteiger partial charge in [-0.2, -0.15) is 0 Å². The van der Waals surface area contributed by atoms with Gasteiger partial charge in [0.15, 0.2) is 28.4 Å². The summed E-state index contributed by atoms with van der Waals surface area (Å²) in [6, 6.07) is 8.82. The number of nitrogens with one attached hydrogen (secondary N) is 2. The van der Waals surface area contributed by atoms with Crippen molar-refractivity contribution in [2.24, 2.45) is 0 Å². The second kappa shape index (κ2) is 14.3. The monoisotopic (exact) mass is 596 g/mol. The van der Waals surface area contributed by atoms with Crippen LogP contribution in [-0.4, -0.2) is 77.8 Å². The van der Waals surface area contributed by atoms with Crippen molar-refractivity contribution in [3.63, 3.8) is 0 Å². The van der Waals surface area contributed by atoms with Crippen LogP contribution < -0.4 is 9.13 Å². The van der Waals surface area contributed by atoms with E-state index in [1.54, 1.807) is 7.11 Å². The SMILES string of the molecule is CO[C@H]1O[C@H](CO)[C@@H](O)[C@H](OCCCC[n+]2c[nH]c3cc(C)c(C)cc32)[C@H]1OCCCC[n+]1c[nH]c2cc(C)c(C)cc21. The molecule has 43 heavy (non-hydrogen) atoms. The number of benzene rings is 2. The molecule has 10 nitrogen and oxygen atoms in total. The van der Waals surface area contributed by atoms with E-state index in [0.29, 0.717) is 13.2 Å². The highest BCUT2D eigenvalue weighted by atomic mass is 16.7. The highest BCUT2D eigenvalue weighted by Gasteiger charge is 2.46. The number of aryl methyl sites for hydroxylation is 6. The van der Waals surface area contributed by atoms with Gasteiger partial charge in [-0.15, -0.1) is 0 Å². The molecular formula is C33H48N4O6+2. The van der Waals surface area contributed by atoms with Crippen LogP contribution in [0.2, 0.25) is 0 Å². The highest BCUT2D eigenvalue weighted by Crippen LogP contribution is 2.27. The Morgan fingerprint density at radius 3 is 1.72 bits per heavy atom. The molecule has 0 unspecified atom stereocenters. The van der Waals surface area contributed by atoms with Gasteiger partial charge in [-0.3, -0.25) is 0 Å². The molecule has 1 aliphatic heterocycles. The predicted octanol–water partition coefficient (Wildman–Crippen LogP) is 3.21. The van der Waals surface area contributed by atoms with Gasteiger partial charge in [-0.1, -0.05) is 0 Å². The lowest BCUT2D eigenvalue weighted by molar-refractivity contribution is -0.671. The normalized spacial score (nSPS) is 22.6. The summed E-state index contributed by atoms with van der Waals surface area (Å²) < 4.78 is 28.3. The van der Waals surface area contributed by atoms with Crippen LogP contribution in [0.4, 0.5) is 0 Å². The Morgan fingerprint density at radius 1 is 0.744 bits per heavy atom. The molecule has 4 aromatic rings. The molecule has 2 aromatic carbocycles. The van der Waals surface area contributed by atoms with E-state index in [0.717, 1.165) is 49.8 Å². The lowest BCUT2D eigenvalue weighted by atomic mass is 9.98. The summed E-state index contributed by atoms with van der Waals surface area (Å²) in [6.07, 6.45) is 3.67. The van der Waals surface area contributed by atoms with Gasteiger partial charge in [-0.25, -0.2) is 19.1 Å². The van der Waals surface area contributed by atoms with E-state index in [1.807, 2.05) is 12.7 Å². The number of aliphatic hydroxyl groups excluding tert-OH is 2. The standard InChI is InChI=1S/C33H46N4O6/c1-21-14-25-27(16-23(21)3)36(19-34-25)10-6-8-12-41-31-30(39)29(18-38)43-33(40-5)32(31)42-13-9-7-11-37-20-35-26-15-22(2)24(4)17-28(26)37/h14-17,19-20,29-33,38-39H,6-13,18H2,1-5H3/p+2/t29-,30-,31+,32-,33+/m1/s1. The molecule has 4 N–H and O–H groups in total. The van der Waals surface area contributed by atoms with Gasteiger partial charge in [-0.05, 0) is 99.9 Å². The zero-order valence-corrected chi connectivity index (χ0v) is 26.1. The third-order valence-corrected chi connectivity index (χ3v) is 8.83. The number of hydrogen-bond donors (Lipinski definition) is 4. The van der Waals surface area contributed by atoms with Crippen molar-refractivity contribution in [1.82, 2.24) is 9.97 Å². The number of unbranched alkanes of at least 4 members (excludes halogenated alkanes) is 2. The van der Waals surface area contributed by atoms with E-state index in [-0.39, 0.29) is 6.61 Å². The van der Waals surface area contributed by atoms with Gasteiger partial charge >= 0.3 is 0 Å². The number of aliphatic hydroxyl groups is 2. The molecule has 10 heteroatoms. The summed E-state index contributed by atoms with van der Waals surface area (Å²) in [7, 11) is 1.54. The maximum absolute atomic E-state index is 11.0. The molecule has 5 rings (SSSR count). The minimum Gasteiger partial charge on any atom is -0.394 e. The van der Waals surface area contributed by atoms with Gasteiger partial charge in [0.2, 0.25) is 12.7 Å². The van der Waals surface area contributed by atoms with Gasteiger partial charge in [0.05, 0.1) is 19.7 Å². The molecule has 3 heterocycles. The molecule has 0 aliphatic carbocycles. The van der Waals surface area contributed by atoms with Crippen LogP contribution in [0.1, 0.15) is 47.9 Å². The summed E-state index contributed by atoms with van der Waals surface area (Å²) in [5.74, 6) is 0. The van der Waals surface area contributed by atoms with Gasteiger partial charge in [0.25, 0.3) is 0 Å². The van der Waals surface area contributed by atoms with Crippen molar-refractivity contribution < 1.29 is 38.3 Å². The van der Waals surface area contributed by atoms with Crippen LogP contribution in [0, 0.1) is 27.7 Å². The number of hydrogen-bond acceptors (Lipinski definition) is 6. The van der Waals surface area contributed by atoms with E-state index in [9.17, 15) is 10.2 Å². The lowest BCUT2D eigenvalue weighted by Crippen LogP contribution is -2.60. The zero-order valence-electron chi connectivity index (χ0n) is 26.1. The number of aromatic nitrogens is 4. The largest absolute Gasteiger partial charge is 0.394 e.